The second kappa shape index (κ2) is 6.18. The molecule has 0 aliphatic heterocycles. The summed E-state index contributed by atoms with van der Waals surface area (Å²) in [5.41, 5.74) is 1.93. The van der Waals surface area contributed by atoms with Crippen LogP contribution in [-0.2, 0) is 6.61 Å². The predicted molar refractivity (Wildman–Crippen MR) is 72.9 cm³/mol. The van der Waals surface area contributed by atoms with Gasteiger partial charge in [0.2, 0.25) is 0 Å². The lowest BCUT2D eigenvalue weighted by molar-refractivity contribution is 0.305. The first-order valence-electron chi connectivity index (χ1n) is 5.62. The van der Waals surface area contributed by atoms with E-state index in [2.05, 4.69) is 17.8 Å². The zero-order chi connectivity index (χ0) is 12.6. The molecule has 0 amide bonds. The Bertz CT molecular complexity index is 609. The van der Waals surface area contributed by atoms with Crippen LogP contribution in [0.4, 0.5) is 0 Å². The lowest BCUT2D eigenvalue weighted by atomic mass is 10.2. The predicted octanol–water partition coefficient (Wildman–Crippen LogP) is 3.25. The quantitative estimate of drug-likeness (QED) is 0.738. The van der Waals surface area contributed by atoms with Crippen LogP contribution in [0, 0.1) is 24.2 Å². The van der Waals surface area contributed by atoms with E-state index in [4.69, 9.17) is 11.2 Å². The maximum absolute atomic E-state index is 5.75. The van der Waals surface area contributed by atoms with Gasteiger partial charge in [-0.2, -0.15) is 0 Å². The monoisotopic (exact) mass is 232 g/mol. The molecule has 0 radical (unpaired) electrons. The molecule has 0 N–H and O–H groups in total. The van der Waals surface area contributed by atoms with Gasteiger partial charge in [-0.25, -0.2) is 0 Å². The number of hydrogen-bond acceptors (Lipinski definition) is 1. The summed E-state index contributed by atoms with van der Waals surface area (Å²) in [6, 6.07) is 17.6. The van der Waals surface area contributed by atoms with Gasteiger partial charge in [0.1, 0.15) is 12.4 Å². The number of benzene rings is 2. The standard InChI is InChI=1S/C17H12O/c1-2-3-11-16-12-7-8-13-17(16)18-14-15-9-5-4-6-10-15/h1,4-10,12-13H,14H2. The number of rotatable bonds is 3. The van der Waals surface area contributed by atoms with E-state index in [0.717, 1.165) is 16.9 Å². The zero-order valence-electron chi connectivity index (χ0n) is 9.89. The Balaban J connectivity index is 2.13. The number of para-hydroxylation sites is 1. The molecule has 2 aromatic rings. The first-order valence-corrected chi connectivity index (χ1v) is 5.62. The van der Waals surface area contributed by atoms with Crippen LogP contribution in [0.1, 0.15) is 11.1 Å². The van der Waals surface area contributed by atoms with Crippen molar-refractivity contribution in [3.05, 3.63) is 65.7 Å². The molecule has 18 heavy (non-hydrogen) atoms. The Morgan fingerprint density at radius 2 is 1.67 bits per heavy atom. The first kappa shape index (κ1) is 11.8. The van der Waals surface area contributed by atoms with E-state index in [1.165, 1.54) is 0 Å². The van der Waals surface area contributed by atoms with Crippen molar-refractivity contribution in [2.45, 2.75) is 6.61 Å². The van der Waals surface area contributed by atoms with Crippen LogP contribution in [-0.4, -0.2) is 0 Å². The molecule has 0 fully saturated rings. The van der Waals surface area contributed by atoms with Crippen molar-refractivity contribution in [3.8, 4) is 29.9 Å². The zero-order valence-corrected chi connectivity index (χ0v) is 9.89. The molecule has 2 aromatic carbocycles. The molecule has 0 heterocycles. The number of hydrogen-bond donors (Lipinski definition) is 0. The van der Waals surface area contributed by atoms with Crippen molar-refractivity contribution in [1.82, 2.24) is 0 Å². The van der Waals surface area contributed by atoms with Gasteiger partial charge >= 0.3 is 0 Å². The van der Waals surface area contributed by atoms with E-state index in [1.54, 1.807) is 0 Å². The summed E-state index contributed by atoms with van der Waals surface area (Å²) < 4.78 is 5.75. The van der Waals surface area contributed by atoms with Crippen molar-refractivity contribution < 1.29 is 4.74 Å². The molecule has 0 aromatic heterocycles. The third kappa shape index (κ3) is 3.17. The summed E-state index contributed by atoms with van der Waals surface area (Å²) in [5.74, 6) is 8.54. The van der Waals surface area contributed by atoms with Gasteiger partial charge in [0.25, 0.3) is 0 Å². The van der Waals surface area contributed by atoms with Crippen LogP contribution in [0.2, 0.25) is 0 Å². The highest BCUT2D eigenvalue weighted by Gasteiger charge is 2.00. The van der Waals surface area contributed by atoms with Crippen molar-refractivity contribution in [1.29, 1.82) is 0 Å². The SMILES string of the molecule is C#CC#Cc1ccccc1OCc1ccccc1. The molecule has 0 aliphatic rings. The Hall–Kier alpha value is -2.64. The van der Waals surface area contributed by atoms with E-state index in [-0.39, 0.29) is 0 Å². The summed E-state index contributed by atoms with van der Waals surface area (Å²) in [6.07, 6.45) is 5.13. The topological polar surface area (TPSA) is 9.23 Å². The molecular formula is C17H12O. The van der Waals surface area contributed by atoms with Crippen LogP contribution in [0.5, 0.6) is 5.75 Å². The summed E-state index contributed by atoms with van der Waals surface area (Å²) in [7, 11) is 0. The highest BCUT2D eigenvalue weighted by molar-refractivity contribution is 5.48. The van der Waals surface area contributed by atoms with Crippen LogP contribution < -0.4 is 4.74 Å². The van der Waals surface area contributed by atoms with Gasteiger partial charge in [-0.3, -0.25) is 0 Å². The molecule has 2 rings (SSSR count). The summed E-state index contributed by atoms with van der Waals surface area (Å²) in [5, 5.41) is 0. The molecular weight excluding hydrogens is 220 g/mol. The highest BCUT2D eigenvalue weighted by atomic mass is 16.5. The van der Waals surface area contributed by atoms with Gasteiger partial charge in [0, 0.05) is 0 Å². The Labute approximate surface area is 107 Å². The minimum atomic E-state index is 0.523. The summed E-state index contributed by atoms with van der Waals surface area (Å²) in [4.78, 5) is 0. The van der Waals surface area contributed by atoms with Crippen molar-refractivity contribution >= 4 is 0 Å². The highest BCUT2D eigenvalue weighted by Crippen LogP contribution is 2.18. The number of ether oxygens (including phenoxy) is 1. The van der Waals surface area contributed by atoms with Crippen molar-refractivity contribution in [2.75, 3.05) is 0 Å². The maximum atomic E-state index is 5.75. The average Bonchev–Trinajstić information content (AvgIpc) is 2.45. The second-order valence-corrected chi connectivity index (χ2v) is 3.66. The second-order valence-electron chi connectivity index (χ2n) is 3.66. The summed E-state index contributed by atoms with van der Waals surface area (Å²) in [6.45, 7) is 0.523. The van der Waals surface area contributed by atoms with Crippen LogP contribution >= 0.6 is 0 Å². The molecule has 0 spiro atoms. The van der Waals surface area contributed by atoms with Gasteiger partial charge in [0.05, 0.1) is 5.56 Å². The molecule has 86 valence electrons. The van der Waals surface area contributed by atoms with E-state index in [0.29, 0.717) is 6.61 Å². The van der Waals surface area contributed by atoms with E-state index in [9.17, 15) is 0 Å². The molecule has 1 heteroatoms. The van der Waals surface area contributed by atoms with E-state index >= 15 is 0 Å². The molecule has 1 nitrogen and oxygen atoms in total. The smallest absolute Gasteiger partial charge is 0.135 e. The Morgan fingerprint density at radius 3 is 2.44 bits per heavy atom. The summed E-state index contributed by atoms with van der Waals surface area (Å²) >= 11 is 0. The molecule has 0 bridgehead atoms. The maximum Gasteiger partial charge on any atom is 0.135 e. The lowest BCUT2D eigenvalue weighted by Crippen LogP contribution is -1.96. The average molecular weight is 232 g/mol. The van der Waals surface area contributed by atoms with Gasteiger partial charge in [-0.1, -0.05) is 42.5 Å². The van der Waals surface area contributed by atoms with Crippen molar-refractivity contribution in [3.63, 3.8) is 0 Å². The molecule has 0 atom stereocenters. The largest absolute Gasteiger partial charge is 0.488 e. The normalized spacial score (nSPS) is 8.83. The molecule has 0 saturated carbocycles. The molecule has 0 aliphatic carbocycles. The van der Waals surface area contributed by atoms with Crippen LogP contribution in [0.3, 0.4) is 0 Å². The fourth-order valence-electron chi connectivity index (χ4n) is 1.53. The number of terminal acetylenes is 1. The Morgan fingerprint density at radius 1 is 0.944 bits per heavy atom. The van der Waals surface area contributed by atoms with E-state index < -0.39 is 0 Å². The van der Waals surface area contributed by atoms with Crippen molar-refractivity contribution in [2.24, 2.45) is 0 Å². The fourth-order valence-corrected chi connectivity index (χ4v) is 1.53. The minimum absolute atomic E-state index is 0.523. The third-order valence-electron chi connectivity index (χ3n) is 2.39. The first-order chi connectivity index (χ1) is 8.90. The Kier molecular flexibility index (Phi) is 4.07. The molecule has 0 unspecified atom stereocenters. The minimum Gasteiger partial charge on any atom is -0.488 e. The van der Waals surface area contributed by atoms with Gasteiger partial charge < -0.3 is 4.74 Å². The molecule has 0 saturated heterocycles. The van der Waals surface area contributed by atoms with Crippen LogP contribution in [0.25, 0.3) is 0 Å². The van der Waals surface area contributed by atoms with Crippen LogP contribution in [0.15, 0.2) is 54.6 Å². The van der Waals surface area contributed by atoms with E-state index in [1.807, 2.05) is 54.6 Å². The fraction of sp³-hybridized carbons (Fsp3) is 0.0588. The third-order valence-corrected chi connectivity index (χ3v) is 2.39. The lowest BCUT2D eigenvalue weighted by Gasteiger charge is -2.07. The van der Waals surface area contributed by atoms with Gasteiger partial charge in [-0.05, 0) is 35.5 Å². The van der Waals surface area contributed by atoms with Gasteiger partial charge in [0.15, 0.2) is 0 Å². The van der Waals surface area contributed by atoms with Gasteiger partial charge in [-0.15, -0.1) is 6.42 Å².